The Kier molecular flexibility index (Phi) is 9.78. The number of nitrogens with zero attached hydrogens (tertiary/aromatic N) is 3. The molecule has 2 heterocycles. The van der Waals surface area contributed by atoms with Crippen LogP contribution in [0.1, 0.15) is 55.7 Å². The number of aromatic nitrogens is 2. The molecule has 0 radical (unpaired) electrons. The molecule has 3 atom stereocenters. The van der Waals surface area contributed by atoms with Gasteiger partial charge >= 0.3 is 5.97 Å². The number of halogens is 1. The van der Waals surface area contributed by atoms with Crippen molar-refractivity contribution in [2.24, 2.45) is 5.41 Å². The molecule has 4 rings (SSSR count). The van der Waals surface area contributed by atoms with Crippen LogP contribution in [0.25, 0.3) is 0 Å². The Balaban J connectivity index is 1.80. The van der Waals surface area contributed by atoms with Crippen molar-refractivity contribution in [3.8, 4) is 11.5 Å². The van der Waals surface area contributed by atoms with E-state index >= 15 is 0 Å². The first-order valence-corrected chi connectivity index (χ1v) is 13.9. The summed E-state index contributed by atoms with van der Waals surface area (Å²) in [5.74, 6) is -0.547. The van der Waals surface area contributed by atoms with Gasteiger partial charge in [0.2, 0.25) is 0 Å². The molecule has 11 nitrogen and oxygen atoms in total. The van der Waals surface area contributed by atoms with E-state index in [4.69, 9.17) is 30.9 Å². The van der Waals surface area contributed by atoms with Crippen LogP contribution in [0.4, 0.5) is 5.69 Å². The molecule has 1 aliphatic rings. The van der Waals surface area contributed by atoms with E-state index < -0.39 is 36.1 Å². The number of methoxy groups -OCH3 is 2. The molecule has 1 unspecified atom stereocenters. The van der Waals surface area contributed by atoms with Gasteiger partial charge in [0.1, 0.15) is 18.3 Å². The second-order valence-corrected chi connectivity index (χ2v) is 11.4. The van der Waals surface area contributed by atoms with Gasteiger partial charge in [-0.15, -0.1) is 0 Å². The molecule has 12 heteroatoms. The zero-order chi connectivity index (χ0) is 30.6. The number of ether oxygens (including phenoxy) is 3. The molecular weight excluding hydrogens is 566 g/mol. The number of aliphatic carboxylic acids is 1. The van der Waals surface area contributed by atoms with Crippen LogP contribution in [-0.4, -0.2) is 70.5 Å². The molecule has 2 aromatic carbocycles. The first kappa shape index (κ1) is 31.3. The molecule has 3 N–H and O–H groups in total. The number of hydrogen-bond donors (Lipinski definition) is 3. The van der Waals surface area contributed by atoms with E-state index in [1.807, 2.05) is 19.9 Å². The number of fused-ring (bicyclic) bond motifs is 1. The average molecular weight is 602 g/mol. The fraction of sp³-hybridized carbons (Fsp3) is 0.433. The molecule has 0 saturated carbocycles. The van der Waals surface area contributed by atoms with Crippen molar-refractivity contribution in [3.63, 3.8) is 0 Å². The molecule has 1 aliphatic heterocycles. The average Bonchev–Trinajstić information content (AvgIpc) is 3.40. The minimum atomic E-state index is -1.27. The summed E-state index contributed by atoms with van der Waals surface area (Å²) in [6, 6.07) is 12.2. The van der Waals surface area contributed by atoms with Crippen LogP contribution in [0.2, 0.25) is 5.02 Å². The van der Waals surface area contributed by atoms with Crippen LogP contribution in [0.5, 0.6) is 11.5 Å². The van der Waals surface area contributed by atoms with Crippen molar-refractivity contribution >= 4 is 29.2 Å². The van der Waals surface area contributed by atoms with Crippen molar-refractivity contribution in [1.29, 1.82) is 0 Å². The maximum atomic E-state index is 14.2. The lowest BCUT2D eigenvalue weighted by atomic mass is 9.92. The lowest BCUT2D eigenvalue weighted by Crippen LogP contribution is -2.45. The Hall–Kier alpha value is -3.64. The van der Waals surface area contributed by atoms with Crippen LogP contribution in [0.3, 0.4) is 0 Å². The van der Waals surface area contributed by atoms with Gasteiger partial charge in [0.15, 0.2) is 11.5 Å². The predicted octanol–water partition coefficient (Wildman–Crippen LogP) is 3.99. The lowest BCUT2D eigenvalue weighted by molar-refractivity contribution is -0.139. The quantitative estimate of drug-likeness (QED) is 0.281. The van der Waals surface area contributed by atoms with Gasteiger partial charge in [-0.3, -0.25) is 14.3 Å². The van der Waals surface area contributed by atoms with E-state index in [1.54, 1.807) is 41.3 Å². The zero-order valence-electron chi connectivity index (χ0n) is 24.0. The summed E-state index contributed by atoms with van der Waals surface area (Å²) in [6.45, 7) is 3.92. The van der Waals surface area contributed by atoms with Gasteiger partial charge in [-0.1, -0.05) is 37.6 Å². The van der Waals surface area contributed by atoms with E-state index in [0.717, 1.165) is 0 Å². The Labute approximate surface area is 249 Å². The van der Waals surface area contributed by atoms with E-state index in [9.17, 15) is 19.8 Å². The lowest BCUT2D eigenvalue weighted by Gasteiger charge is -2.32. The monoisotopic (exact) mass is 601 g/mol. The number of carboxylic acid groups (broad SMARTS) is 1. The van der Waals surface area contributed by atoms with Crippen LogP contribution >= 0.6 is 11.6 Å². The molecule has 226 valence electrons. The maximum absolute atomic E-state index is 14.2. The second kappa shape index (κ2) is 13.1. The summed E-state index contributed by atoms with van der Waals surface area (Å²) in [5, 5.41) is 34.3. The summed E-state index contributed by atoms with van der Waals surface area (Å²) in [4.78, 5) is 27.0. The number of aliphatic hydroxyl groups excluding tert-OH is 2. The van der Waals surface area contributed by atoms with Crippen LogP contribution in [0.15, 0.2) is 48.7 Å². The highest BCUT2D eigenvalue weighted by atomic mass is 35.5. The van der Waals surface area contributed by atoms with Crippen molar-refractivity contribution in [3.05, 3.63) is 70.5 Å². The van der Waals surface area contributed by atoms with Crippen molar-refractivity contribution < 1.29 is 39.1 Å². The van der Waals surface area contributed by atoms with Crippen LogP contribution in [0, 0.1) is 5.41 Å². The number of rotatable bonds is 12. The highest BCUT2D eigenvalue weighted by Crippen LogP contribution is 2.45. The fourth-order valence-corrected chi connectivity index (χ4v) is 5.26. The number of carbonyl (C=O) groups excluding carboxylic acids is 1. The maximum Gasteiger partial charge on any atom is 0.306 e. The van der Waals surface area contributed by atoms with Gasteiger partial charge in [-0.25, -0.2) is 0 Å². The van der Waals surface area contributed by atoms with Crippen molar-refractivity contribution in [2.75, 3.05) is 32.3 Å². The van der Waals surface area contributed by atoms with Gasteiger partial charge in [-0.05, 0) is 30.3 Å². The Morgan fingerprint density at radius 3 is 2.60 bits per heavy atom. The molecule has 0 fully saturated rings. The van der Waals surface area contributed by atoms with Crippen LogP contribution < -0.4 is 14.4 Å². The molecular formula is C30H36ClN3O8. The highest BCUT2D eigenvalue weighted by Gasteiger charge is 2.40. The van der Waals surface area contributed by atoms with E-state index in [-0.39, 0.29) is 32.0 Å². The number of anilines is 1. The van der Waals surface area contributed by atoms with Gasteiger partial charge < -0.3 is 34.4 Å². The standard InChI is InChI=1S/C30H36ClN3O8/c1-30(2,17-35)16-33-21-9-8-18(31)14-20(21)27(19-6-5-7-24(40-3)28(19)41-4)42-25(29(33)39)11-13-34-22(10-12-32-34)23(36)15-26(37)38/h5-10,12,14,23,25,27,35-36H,11,13,15-17H2,1-4H3,(H,37,38)/t23?,25-,27-/m1/s1. The summed E-state index contributed by atoms with van der Waals surface area (Å²) in [5.41, 5.74) is 1.52. The molecule has 42 heavy (non-hydrogen) atoms. The topological polar surface area (TPSA) is 144 Å². The third-order valence-corrected chi connectivity index (χ3v) is 7.43. The number of benzene rings is 2. The highest BCUT2D eigenvalue weighted by molar-refractivity contribution is 6.30. The van der Waals surface area contributed by atoms with E-state index in [2.05, 4.69) is 5.10 Å². The Morgan fingerprint density at radius 1 is 1.17 bits per heavy atom. The number of amides is 1. The van der Waals surface area contributed by atoms with Gasteiger partial charge in [-0.2, -0.15) is 5.10 Å². The largest absolute Gasteiger partial charge is 0.493 e. The fourth-order valence-electron chi connectivity index (χ4n) is 5.08. The van der Waals surface area contributed by atoms with Crippen molar-refractivity contribution in [2.45, 2.75) is 51.5 Å². The van der Waals surface area contributed by atoms with Gasteiger partial charge in [0, 0.05) is 59.6 Å². The summed E-state index contributed by atoms with van der Waals surface area (Å²) in [7, 11) is 3.06. The molecule has 1 amide bonds. The van der Waals surface area contributed by atoms with Crippen molar-refractivity contribution in [1.82, 2.24) is 9.78 Å². The minimum Gasteiger partial charge on any atom is -0.493 e. The third-order valence-electron chi connectivity index (χ3n) is 7.20. The number of hydrogen-bond acceptors (Lipinski definition) is 8. The summed E-state index contributed by atoms with van der Waals surface area (Å²) < 4.78 is 19.4. The molecule has 0 aliphatic carbocycles. The van der Waals surface area contributed by atoms with E-state index in [0.29, 0.717) is 39.0 Å². The number of para-hydroxylation sites is 1. The molecule has 3 aromatic rings. The minimum absolute atomic E-state index is 0.147. The SMILES string of the molecule is COc1cccc([C@H]2O[C@H](CCn3nccc3C(O)CC(=O)O)C(=O)N(CC(C)(C)CO)c3ccc(Cl)cc32)c1OC. The first-order chi connectivity index (χ1) is 20.0. The van der Waals surface area contributed by atoms with Gasteiger partial charge in [0.25, 0.3) is 5.91 Å². The molecule has 1 aromatic heterocycles. The molecule has 0 bridgehead atoms. The smallest absolute Gasteiger partial charge is 0.306 e. The first-order valence-electron chi connectivity index (χ1n) is 13.5. The second-order valence-electron chi connectivity index (χ2n) is 10.9. The van der Waals surface area contributed by atoms with Gasteiger partial charge in [0.05, 0.1) is 26.3 Å². The molecule has 0 spiro atoms. The summed E-state index contributed by atoms with van der Waals surface area (Å²) in [6.07, 6.45) is -1.93. The van der Waals surface area contributed by atoms with Crippen LogP contribution in [-0.2, 0) is 20.9 Å². The predicted molar refractivity (Wildman–Crippen MR) is 155 cm³/mol. The Bertz CT molecular complexity index is 1430. The number of carboxylic acids is 1. The number of aliphatic hydroxyl groups is 2. The third kappa shape index (κ3) is 6.70. The number of aryl methyl sites for hydroxylation is 1. The van der Waals surface area contributed by atoms with E-state index in [1.165, 1.54) is 25.1 Å². The number of carbonyl (C=O) groups is 2. The Morgan fingerprint density at radius 2 is 1.93 bits per heavy atom. The zero-order valence-corrected chi connectivity index (χ0v) is 24.7. The molecule has 0 saturated heterocycles. The normalized spacial score (nSPS) is 17.9. The summed E-state index contributed by atoms with van der Waals surface area (Å²) >= 11 is 6.48.